The molecule has 1 fully saturated rings. The zero-order valence-corrected chi connectivity index (χ0v) is 12.4. The maximum Gasteiger partial charge on any atom is 0.573 e. The van der Waals surface area contributed by atoms with Gasteiger partial charge in [-0.15, -0.1) is 13.2 Å². The van der Waals surface area contributed by atoms with Crippen LogP contribution in [0.5, 0.6) is 5.75 Å². The molecule has 1 aliphatic rings. The van der Waals surface area contributed by atoms with Gasteiger partial charge in [0.1, 0.15) is 5.75 Å². The summed E-state index contributed by atoms with van der Waals surface area (Å²) in [7, 11) is 0. The highest BCUT2D eigenvalue weighted by atomic mass is 32.2. The first-order valence-corrected chi connectivity index (χ1v) is 8.11. The highest BCUT2D eigenvalue weighted by Crippen LogP contribution is 2.30. The molecule has 1 saturated carbocycles. The van der Waals surface area contributed by atoms with Gasteiger partial charge in [-0.3, -0.25) is 0 Å². The number of halogens is 3. The van der Waals surface area contributed by atoms with Gasteiger partial charge in [0.05, 0.1) is 6.10 Å². The van der Waals surface area contributed by atoms with Crippen LogP contribution in [0.4, 0.5) is 13.2 Å². The van der Waals surface area contributed by atoms with Gasteiger partial charge in [-0.05, 0) is 37.0 Å². The van der Waals surface area contributed by atoms with Crippen molar-refractivity contribution in [3.8, 4) is 5.75 Å². The van der Waals surface area contributed by atoms with Gasteiger partial charge < -0.3 is 9.84 Å². The lowest BCUT2D eigenvalue weighted by molar-refractivity contribution is -0.274. The van der Waals surface area contributed by atoms with Crippen LogP contribution in [0.1, 0.15) is 31.2 Å². The second-order valence-corrected chi connectivity index (χ2v) is 6.62. The molecule has 0 amide bonds. The first kappa shape index (κ1) is 16.5. The second-order valence-electron chi connectivity index (χ2n) is 5.29. The van der Waals surface area contributed by atoms with Crippen LogP contribution < -0.4 is 4.74 Å². The molecule has 1 aliphatic carbocycles. The lowest BCUT2D eigenvalue weighted by atomic mass is 10.1. The molecule has 6 heteroatoms. The topological polar surface area (TPSA) is 29.5 Å². The Bertz CT molecular complexity index is 428. The number of thioether (sulfide) groups is 1. The fourth-order valence-corrected chi connectivity index (χ4v) is 3.74. The molecule has 2 rings (SSSR count). The summed E-state index contributed by atoms with van der Waals surface area (Å²) < 4.78 is 39.9. The average molecular weight is 320 g/mol. The summed E-state index contributed by atoms with van der Waals surface area (Å²) in [4.78, 5) is 0. The van der Waals surface area contributed by atoms with E-state index in [0.717, 1.165) is 5.56 Å². The highest BCUT2D eigenvalue weighted by Gasteiger charge is 2.30. The Balaban J connectivity index is 1.76. The standard InChI is InChI=1S/C15H19F3O2S/c16-15(17,18)20-13-7-5-11(6-8-13)9-12(19)10-21-14-3-1-2-4-14/h5-8,12,14,19H,1-4,9-10H2. The van der Waals surface area contributed by atoms with Crippen molar-refractivity contribution in [3.05, 3.63) is 29.8 Å². The lowest BCUT2D eigenvalue weighted by Crippen LogP contribution is -2.17. The van der Waals surface area contributed by atoms with Crippen molar-refractivity contribution in [2.75, 3.05) is 5.75 Å². The van der Waals surface area contributed by atoms with Gasteiger partial charge in [0.25, 0.3) is 0 Å². The Hall–Kier alpha value is -0.880. The Morgan fingerprint density at radius 2 is 1.81 bits per heavy atom. The quantitative estimate of drug-likeness (QED) is 0.853. The largest absolute Gasteiger partial charge is 0.573 e. The molecule has 0 radical (unpaired) electrons. The molecule has 1 N–H and O–H groups in total. The fraction of sp³-hybridized carbons (Fsp3) is 0.600. The summed E-state index contributed by atoms with van der Waals surface area (Å²) in [5.41, 5.74) is 0.809. The van der Waals surface area contributed by atoms with Gasteiger partial charge in [0, 0.05) is 11.0 Å². The number of aliphatic hydroxyl groups is 1. The molecule has 0 spiro atoms. The van der Waals surface area contributed by atoms with Crippen LogP contribution in [0.15, 0.2) is 24.3 Å². The third kappa shape index (κ3) is 6.18. The molecule has 1 aromatic rings. The van der Waals surface area contributed by atoms with E-state index in [0.29, 0.717) is 17.4 Å². The van der Waals surface area contributed by atoms with E-state index in [2.05, 4.69) is 4.74 Å². The van der Waals surface area contributed by atoms with Crippen LogP contribution >= 0.6 is 11.8 Å². The molecular weight excluding hydrogens is 301 g/mol. The van der Waals surface area contributed by atoms with E-state index in [1.165, 1.54) is 37.8 Å². The summed E-state index contributed by atoms with van der Waals surface area (Å²) in [6, 6.07) is 5.67. The van der Waals surface area contributed by atoms with Crippen molar-refractivity contribution in [1.29, 1.82) is 0 Å². The van der Waals surface area contributed by atoms with Crippen LogP contribution in [0.25, 0.3) is 0 Å². The molecule has 0 saturated heterocycles. The molecule has 118 valence electrons. The summed E-state index contributed by atoms with van der Waals surface area (Å²) in [5, 5.41) is 10.6. The lowest BCUT2D eigenvalue weighted by Gasteiger charge is -2.14. The minimum atomic E-state index is -4.67. The van der Waals surface area contributed by atoms with E-state index in [-0.39, 0.29) is 5.75 Å². The van der Waals surface area contributed by atoms with E-state index in [9.17, 15) is 18.3 Å². The Morgan fingerprint density at radius 1 is 1.19 bits per heavy atom. The predicted molar refractivity (Wildman–Crippen MR) is 77.5 cm³/mol. The number of alkyl halides is 3. The van der Waals surface area contributed by atoms with Gasteiger partial charge in [-0.25, -0.2) is 0 Å². The third-order valence-corrected chi connectivity index (χ3v) is 4.97. The molecule has 2 nitrogen and oxygen atoms in total. The molecule has 0 aromatic heterocycles. The molecule has 1 aromatic carbocycles. The Kier molecular flexibility index (Phi) is 5.81. The number of benzene rings is 1. The molecule has 0 heterocycles. The second kappa shape index (κ2) is 7.40. The van der Waals surface area contributed by atoms with Crippen molar-refractivity contribution >= 4 is 11.8 Å². The normalized spacial score (nSPS) is 17.9. The molecule has 1 atom stereocenters. The number of hydrogen-bond donors (Lipinski definition) is 1. The first-order valence-electron chi connectivity index (χ1n) is 7.07. The van der Waals surface area contributed by atoms with Crippen molar-refractivity contribution < 1.29 is 23.0 Å². The van der Waals surface area contributed by atoms with Crippen LogP contribution in [0, 0.1) is 0 Å². The van der Waals surface area contributed by atoms with E-state index >= 15 is 0 Å². The zero-order valence-electron chi connectivity index (χ0n) is 11.6. The maximum absolute atomic E-state index is 12.0. The number of rotatable bonds is 6. The molecule has 0 aliphatic heterocycles. The van der Waals surface area contributed by atoms with Crippen LogP contribution in [0.2, 0.25) is 0 Å². The fourth-order valence-electron chi connectivity index (χ4n) is 2.46. The smallest absolute Gasteiger partial charge is 0.406 e. The van der Waals surface area contributed by atoms with Gasteiger partial charge in [0.2, 0.25) is 0 Å². The molecule has 0 bridgehead atoms. The van der Waals surface area contributed by atoms with Crippen molar-refractivity contribution in [3.63, 3.8) is 0 Å². The maximum atomic E-state index is 12.0. The van der Waals surface area contributed by atoms with E-state index in [4.69, 9.17) is 0 Å². The summed E-state index contributed by atoms with van der Waals surface area (Å²) in [6.45, 7) is 0. The van der Waals surface area contributed by atoms with Crippen LogP contribution in [0.3, 0.4) is 0 Å². The zero-order chi connectivity index (χ0) is 15.3. The summed E-state index contributed by atoms with van der Waals surface area (Å²) >= 11 is 1.80. The molecular formula is C15H19F3O2S. The van der Waals surface area contributed by atoms with Gasteiger partial charge >= 0.3 is 6.36 Å². The number of ether oxygens (including phenoxy) is 1. The highest BCUT2D eigenvalue weighted by molar-refractivity contribution is 7.99. The Labute approximate surface area is 126 Å². The number of aliphatic hydroxyl groups excluding tert-OH is 1. The molecule has 21 heavy (non-hydrogen) atoms. The molecule has 1 unspecified atom stereocenters. The van der Waals surface area contributed by atoms with Gasteiger partial charge in [-0.2, -0.15) is 11.8 Å². The average Bonchev–Trinajstić information content (AvgIpc) is 2.90. The first-order chi connectivity index (χ1) is 9.92. The SMILES string of the molecule is OC(CSC1CCCC1)Cc1ccc(OC(F)(F)F)cc1. The van der Waals surface area contributed by atoms with Crippen molar-refractivity contribution in [2.24, 2.45) is 0 Å². The summed E-state index contributed by atoms with van der Waals surface area (Å²) in [6.07, 6.45) is 0.306. The van der Waals surface area contributed by atoms with Crippen LogP contribution in [-0.2, 0) is 6.42 Å². The van der Waals surface area contributed by atoms with Crippen molar-refractivity contribution in [1.82, 2.24) is 0 Å². The van der Waals surface area contributed by atoms with Gasteiger partial charge in [0.15, 0.2) is 0 Å². The van der Waals surface area contributed by atoms with Crippen molar-refractivity contribution in [2.45, 2.75) is 49.8 Å². The van der Waals surface area contributed by atoms with Crippen LogP contribution in [-0.4, -0.2) is 28.6 Å². The monoisotopic (exact) mass is 320 g/mol. The van der Waals surface area contributed by atoms with E-state index < -0.39 is 12.5 Å². The minimum absolute atomic E-state index is 0.235. The predicted octanol–water partition coefficient (Wildman–Crippen LogP) is 4.16. The van der Waals surface area contributed by atoms with E-state index in [1.54, 1.807) is 23.9 Å². The van der Waals surface area contributed by atoms with Gasteiger partial charge in [-0.1, -0.05) is 25.0 Å². The summed E-state index contributed by atoms with van der Waals surface area (Å²) in [5.74, 6) is 0.437. The number of hydrogen-bond acceptors (Lipinski definition) is 3. The Morgan fingerprint density at radius 3 is 2.38 bits per heavy atom. The van der Waals surface area contributed by atoms with E-state index in [1.807, 2.05) is 0 Å². The third-order valence-electron chi connectivity index (χ3n) is 3.45. The minimum Gasteiger partial charge on any atom is -0.406 e.